The Labute approximate surface area is 178 Å². The Morgan fingerprint density at radius 3 is 2.45 bits per heavy atom. The predicted molar refractivity (Wildman–Crippen MR) is 113 cm³/mol. The highest BCUT2D eigenvalue weighted by Crippen LogP contribution is 2.35. The molecule has 6 nitrogen and oxygen atoms in total. The minimum absolute atomic E-state index is 0.326. The molecule has 0 atom stereocenters. The molecule has 3 aromatic rings. The Kier molecular flexibility index (Phi) is 5.65. The summed E-state index contributed by atoms with van der Waals surface area (Å²) in [5.41, 5.74) is 2.75. The molecule has 0 aliphatic carbocycles. The van der Waals surface area contributed by atoms with Crippen LogP contribution in [0.1, 0.15) is 12.8 Å². The Morgan fingerprint density at radius 1 is 1.00 bits per heavy atom. The van der Waals surface area contributed by atoms with Crippen LogP contribution in [-0.4, -0.2) is 39.3 Å². The van der Waals surface area contributed by atoms with E-state index in [9.17, 15) is 9.90 Å². The number of aromatic nitrogens is 3. The number of piperidine rings is 1. The van der Waals surface area contributed by atoms with Gasteiger partial charge in [-0.05, 0) is 31.0 Å². The molecule has 8 heteroatoms. The van der Waals surface area contributed by atoms with Gasteiger partial charge in [-0.25, -0.2) is 4.98 Å². The summed E-state index contributed by atoms with van der Waals surface area (Å²) in [5.74, 6) is -0.612. The van der Waals surface area contributed by atoms with E-state index in [-0.39, 0.29) is 5.92 Å². The van der Waals surface area contributed by atoms with Crippen LogP contribution < -0.4 is 4.90 Å². The van der Waals surface area contributed by atoms with Gasteiger partial charge in [-0.1, -0.05) is 53.5 Å². The third-order valence-electron chi connectivity index (χ3n) is 5.03. The molecule has 1 N–H and O–H groups in total. The van der Waals surface area contributed by atoms with Gasteiger partial charge in [0.25, 0.3) is 0 Å². The summed E-state index contributed by atoms with van der Waals surface area (Å²) < 4.78 is 0. The number of carboxylic acids is 1. The summed E-state index contributed by atoms with van der Waals surface area (Å²) >= 11 is 12.6. The first-order valence-electron chi connectivity index (χ1n) is 9.26. The van der Waals surface area contributed by atoms with Crippen LogP contribution in [0.3, 0.4) is 0 Å². The van der Waals surface area contributed by atoms with E-state index < -0.39 is 5.97 Å². The Bertz CT molecular complexity index is 1050. The van der Waals surface area contributed by atoms with E-state index in [1.807, 2.05) is 41.3 Å². The minimum Gasteiger partial charge on any atom is -0.481 e. The van der Waals surface area contributed by atoms with E-state index in [1.54, 1.807) is 12.1 Å². The number of hydrogen-bond acceptors (Lipinski definition) is 5. The van der Waals surface area contributed by atoms with Crippen molar-refractivity contribution >= 4 is 35.1 Å². The molecule has 0 amide bonds. The number of carboxylic acid groups (broad SMARTS) is 1. The van der Waals surface area contributed by atoms with Crippen molar-refractivity contribution < 1.29 is 9.90 Å². The van der Waals surface area contributed by atoms with Gasteiger partial charge in [0, 0.05) is 29.2 Å². The molecule has 0 spiro atoms. The lowest BCUT2D eigenvalue weighted by molar-refractivity contribution is -0.142. The van der Waals surface area contributed by atoms with Gasteiger partial charge < -0.3 is 10.0 Å². The summed E-state index contributed by atoms with van der Waals surface area (Å²) in [6.45, 7) is 1.13. The molecule has 0 radical (unpaired) electrons. The Hall–Kier alpha value is -2.70. The van der Waals surface area contributed by atoms with Crippen molar-refractivity contribution in [2.24, 2.45) is 5.92 Å². The van der Waals surface area contributed by atoms with Crippen molar-refractivity contribution in [2.75, 3.05) is 18.0 Å². The normalized spacial score (nSPS) is 14.8. The zero-order valence-corrected chi connectivity index (χ0v) is 16.9. The third-order valence-corrected chi connectivity index (χ3v) is 5.59. The first-order chi connectivity index (χ1) is 14.0. The number of aliphatic carboxylic acids is 1. The fourth-order valence-electron chi connectivity index (χ4n) is 3.45. The maximum absolute atomic E-state index is 11.2. The van der Waals surface area contributed by atoms with Crippen LogP contribution in [0, 0.1) is 5.92 Å². The highest BCUT2D eigenvalue weighted by atomic mass is 35.5. The molecule has 1 aliphatic heterocycles. The molecular formula is C21H18Cl2N4O2. The molecule has 1 aliphatic rings. The number of hydrogen-bond donors (Lipinski definition) is 1. The van der Waals surface area contributed by atoms with Crippen LogP contribution in [0.5, 0.6) is 0 Å². The zero-order chi connectivity index (χ0) is 20.4. The number of rotatable bonds is 4. The largest absolute Gasteiger partial charge is 0.481 e. The van der Waals surface area contributed by atoms with Crippen molar-refractivity contribution in [1.82, 2.24) is 15.2 Å². The molecule has 4 rings (SSSR count). The highest BCUT2D eigenvalue weighted by Gasteiger charge is 2.27. The molecule has 1 saturated heterocycles. The summed E-state index contributed by atoms with van der Waals surface area (Å²) in [4.78, 5) is 18.0. The van der Waals surface area contributed by atoms with Gasteiger partial charge in [0.05, 0.1) is 10.9 Å². The van der Waals surface area contributed by atoms with Gasteiger partial charge in [0.15, 0.2) is 0 Å². The molecule has 0 saturated carbocycles. The highest BCUT2D eigenvalue weighted by molar-refractivity contribution is 6.33. The van der Waals surface area contributed by atoms with Crippen LogP contribution in [0.25, 0.3) is 22.5 Å². The van der Waals surface area contributed by atoms with E-state index in [4.69, 9.17) is 28.2 Å². The van der Waals surface area contributed by atoms with Crippen molar-refractivity contribution in [3.05, 3.63) is 58.6 Å². The lowest BCUT2D eigenvalue weighted by Crippen LogP contribution is -2.37. The molecule has 0 bridgehead atoms. The number of nitrogens with zero attached hydrogens (tertiary/aromatic N) is 4. The van der Waals surface area contributed by atoms with Gasteiger partial charge in [-0.15, -0.1) is 10.2 Å². The van der Waals surface area contributed by atoms with Crippen LogP contribution in [-0.2, 0) is 4.79 Å². The summed E-state index contributed by atoms with van der Waals surface area (Å²) in [6.07, 6.45) is 1.10. The van der Waals surface area contributed by atoms with Gasteiger partial charge >= 0.3 is 5.97 Å². The van der Waals surface area contributed by atoms with Crippen LogP contribution >= 0.6 is 23.2 Å². The number of benzene rings is 2. The molecule has 0 unspecified atom stereocenters. The van der Waals surface area contributed by atoms with E-state index >= 15 is 0 Å². The van der Waals surface area contributed by atoms with E-state index in [1.165, 1.54) is 0 Å². The molecule has 2 aromatic carbocycles. The standard InChI is InChI=1S/C21H18Cl2N4O2/c22-15-5-3-4-14(12-15)18-19(16-6-1-2-7-17(16)23)24-21(26-25-18)27-10-8-13(9-11-27)20(28)29/h1-7,12-13H,8-11H2,(H,28,29). The zero-order valence-electron chi connectivity index (χ0n) is 15.4. The second-order valence-corrected chi connectivity index (χ2v) is 7.74. The maximum Gasteiger partial charge on any atom is 0.306 e. The number of halogens is 2. The first-order valence-corrected chi connectivity index (χ1v) is 10.0. The minimum atomic E-state index is -0.753. The summed E-state index contributed by atoms with van der Waals surface area (Å²) in [6, 6.07) is 14.8. The van der Waals surface area contributed by atoms with E-state index in [0.29, 0.717) is 53.3 Å². The van der Waals surface area contributed by atoms with Gasteiger partial charge in [-0.2, -0.15) is 0 Å². The third kappa shape index (κ3) is 4.18. The summed E-state index contributed by atoms with van der Waals surface area (Å²) in [5, 5.41) is 19.1. The number of anilines is 1. The van der Waals surface area contributed by atoms with Gasteiger partial charge in [0.1, 0.15) is 11.4 Å². The molecule has 2 heterocycles. The van der Waals surface area contributed by atoms with E-state index in [2.05, 4.69) is 10.2 Å². The smallest absolute Gasteiger partial charge is 0.306 e. The topological polar surface area (TPSA) is 79.2 Å². The molecular weight excluding hydrogens is 411 g/mol. The first kappa shape index (κ1) is 19.6. The SMILES string of the molecule is O=C(O)C1CCN(c2nnc(-c3cccc(Cl)c3)c(-c3ccccc3Cl)n2)CC1. The maximum atomic E-state index is 11.2. The molecule has 1 aromatic heterocycles. The van der Waals surface area contributed by atoms with Gasteiger partial charge in [0.2, 0.25) is 5.95 Å². The quantitative estimate of drug-likeness (QED) is 0.641. The van der Waals surface area contributed by atoms with Crippen molar-refractivity contribution in [1.29, 1.82) is 0 Å². The summed E-state index contributed by atoms with van der Waals surface area (Å²) in [7, 11) is 0. The predicted octanol–water partition coefficient (Wildman–Crippen LogP) is 4.81. The Morgan fingerprint density at radius 2 is 1.76 bits per heavy atom. The van der Waals surface area contributed by atoms with Gasteiger partial charge in [-0.3, -0.25) is 4.79 Å². The van der Waals surface area contributed by atoms with Crippen molar-refractivity contribution in [2.45, 2.75) is 12.8 Å². The Balaban J connectivity index is 1.76. The van der Waals surface area contributed by atoms with Crippen LogP contribution in [0.2, 0.25) is 10.0 Å². The lowest BCUT2D eigenvalue weighted by Gasteiger charge is -2.30. The molecule has 29 heavy (non-hydrogen) atoms. The lowest BCUT2D eigenvalue weighted by atomic mass is 9.97. The second kappa shape index (κ2) is 8.35. The monoisotopic (exact) mass is 428 g/mol. The second-order valence-electron chi connectivity index (χ2n) is 6.90. The molecule has 1 fully saturated rings. The van der Waals surface area contributed by atoms with E-state index in [0.717, 1.165) is 11.1 Å². The average molecular weight is 429 g/mol. The molecule has 148 valence electrons. The fourth-order valence-corrected chi connectivity index (χ4v) is 3.86. The van der Waals surface area contributed by atoms with Crippen molar-refractivity contribution in [3.8, 4) is 22.5 Å². The van der Waals surface area contributed by atoms with Crippen molar-refractivity contribution in [3.63, 3.8) is 0 Å². The van der Waals surface area contributed by atoms with Crippen LogP contribution in [0.15, 0.2) is 48.5 Å². The van der Waals surface area contributed by atoms with Crippen LogP contribution in [0.4, 0.5) is 5.95 Å². The average Bonchev–Trinajstić information content (AvgIpc) is 2.74. The fraction of sp³-hybridized carbons (Fsp3) is 0.238. The number of carbonyl (C=O) groups is 1.